The van der Waals surface area contributed by atoms with Crippen molar-refractivity contribution < 1.29 is 4.39 Å². The predicted octanol–water partition coefficient (Wildman–Crippen LogP) is 3.84. The summed E-state index contributed by atoms with van der Waals surface area (Å²) in [6, 6.07) is 5.89. The predicted molar refractivity (Wildman–Crippen MR) is 72.0 cm³/mol. The van der Waals surface area contributed by atoms with E-state index in [1.165, 1.54) is 24.8 Å². The SMILES string of the molecule is CC1CCC(CNC2CCc3c(F)cccc32)C1. The Bertz CT molecular complexity index is 429. The fourth-order valence-corrected chi connectivity index (χ4v) is 3.64. The minimum atomic E-state index is -0.0220. The van der Waals surface area contributed by atoms with E-state index in [1.54, 1.807) is 6.07 Å². The molecule has 0 aromatic heterocycles. The topological polar surface area (TPSA) is 12.0 Å². The zero-order chi connectivity index (χ0) is 12.5. The summed E-state index contributed by atoms with van der Waals surface area (Å²) in [5.74, 6) is 1.70. The van der Waals surface area contributed by atoms with E-state index in [-0.39, 0.29) is 5.82 Å². The fraction of sp³-hybridized carbons (Fsp3) is 0.625. The van der Waals surface area contributed by atoms with Crippen LogP contribution in [-0.4, -0.2) is 6.54 Å². The van der Waals surface area contributed by atoms with Crippen molar-refractivity contribution in [1.82, 2.24) is 5.32 Å². The van der Waals surface area contributed by atoms with Gasteiger partial charge in [-0.2, -0.15) is 0 Å². The molecule has 18 heavy (non-hydrogen) atoms. The van der Waals surface area contributed by atoms with Crippen LogP contribution in [0.25, 0.3) is 0 Å². The second-order valence-electron chi connectivity index (χ2n) is 6.09. The molecule has 3 rings (SSSR count). The molecule has 0 amide bonds. The van der Waals surface area contributed by atoms with Gasteiger partial charge in [0.05, 0.1) is 0 Å². The lowest BCUT2D eigenvalue weighted by atomic mass is 10.0. The standard InChI is InChI=1S/C16H22FN/c1-11-5-6-12(9-11)10-18-16-8-7-13-14(16)3-2-4-15(13)17/h2-4,11-12,16,18H,5-10H2,1H3. The average Bonchev–Trinajstić information content (AvgIpc) is 2.94. The lowest BCUT2D eigenvalue weighted by Gasteiger charge is -2.17. The highest BCUT2D eigenvalue weighted by atomic mass is 19.1. The molecule has 3 unspecified atom stereocenters. The first-order chi connectivity index (χ1) is 8.74. The van der Waals surface area contributed by atoms with Crippen LogP contribution in [0.5, 0.6) is 0 Å². The lowest BCUT2D eigenvalue weighted by molar-refractivity contribution is 0.426. The van der Waals surface area contributed by atoms with Crippen molar-refractivity contribution in [2.24, 2.45) is 11.8 Å². The van der Waals surface area contributed by atoms with Gasteiger partial charge >= 0.3 is 0 Å². The van der Waals surface area contributed by atoms with E-state index in [2.05, 4.69) is 18.3 Å². The molecule has 1 aromatic rings. The van der Waals surface area contributed by atoms with Crippen molar-refractivity contribution >= 4 is 0 Å². The zero-order valence-corrected chi connectivity index (χ0v) is 11.1. The average molecular weight is 247 g/mol. The van der Waals surface area contributed by atoms with Gasteiger partial charge in [-0.15, -0.1) is 0 Å². The summed E-state index contributed by atoms with van der Waals surface area (Å²) < 4.78 is 13.6. The molecular formula is C16H22FN. The largest absolute Gasteiger partial charge is 0.310 e. The van der Waals surface area contributed by atoms with Gasteiger partial charge in [0.2, 0.25) is 0 Å². The number of hydrogen-bond acceptors (Lipinski definition) is 1. The van der Waals surface area contributed by atoms with Crippen LogP contribution >= 0.6 is 0 Å². The van der Waals surface area contributed by atoms with Gasteiger partial charge in [0.25, 0.3) is 0 Å². The Labute approximate surface area is 109 Å². The maximum Gasteiger partial charge on any atom is 0.126 e. The summed E-state index contributed by atoms with van der Waals surface area (Å²) in [6.45, 7) is 3.45. The number of hydrogen-bond donors (Lipinski definition) is 1. The molecular weight excluding hydrogens is 225 g/mol. The summed E-state index contributed by atoms with van der Waals surface area (Å²) in [7, 11) is 0. The van der Waals surface area contributed by atoms with Crippen LogP contribution in [0.2, 0.25) is 0 Å². The van der Waals surface area contributed by atoms with Crippen LogP contribution in [0.1, 0.15) is 49.8 Å². The van der Waals surface area contributed by atoms with Crippen LogP contribution < -0.4 is 5.32 Å². The smallest absolute Gasteiger partial charge is 0.126 e. The normalized spacial score (nSPS) is 30.7. The van der Waals surface area contributed by atoms with Crippen molar-refractivity contribution in [3.63, 3.8) is 0 Å². The van der Waals surface area contributed by atoms with Crippen molar-refractivity contribution in [3.05, 3.63) is 35.1 Å². The molecule has 3 atom stereocenters. The summed E-state index contributed by atoms with van der Waals surface area (Å²) in [5, 5.41) is 3.66. The minimum absolute atomic E-state index is 0.0220. The first-order valence-corrected chi connectivity index (χ1v) is 7.24. The van der Waals surface area contributed by atoms with Crippen LogP contribution in [0.3, 0.4) is 0 Å². The Kier molecular flexibility index (Phi) is 3.38. The van der Waals surface area contributed by atoms with Gasteiger partial charge < -0.3 is 5.32 Å². The molecule has 2 aliphatic carbocycles. The van der Waals surface area contributed by atoms with Gasteiger partial charge in [-0.25, -0.2) is 4.39 Å². The van der Waals surface area contributed by atoms with Crippen LogP contribution in [-0.2, 0) is 6.42 Å². The van der Waals surface area contributed by atoms with Gasteiger partial charge in [0, 0.05) is 6.04 Å². The minimum Gasteiger partial charge on any atom is -0.310 e. The Morgan fingerprint density at radius 2 is 2.17 bits per heavy atom. The van der Waals surface area contributed by atoms with E-state index in [9.17, 15) is 4.39 Å². The fourth-order valence-electron chi connectivity index (χ4n) is 3.64. The highest BCUT2D eigenvalue weighted by Crippen LogP contribution is 2.34. The summed E-state index contributed by atoms with van der Waals surface area (Å²) >= 11 is 0. The highest BCUT2D eigenvalue weighted by molar-refractivity contribution is 5.35. The lowest BCUT2D eigenvalue weighted by Crippen LogP contribution is -2.25. The third-order valence-electron chi connectivity index (χ3n) is 4.67. The van der Waals surface area contributed by atoms with Crippen molar-refractivity contribution in [2.45, 2.75) is 45.1 Å². The molecule has 1 fully saturated rings. The van der Waals surface area contributed by atoms with Gasteiger partial charge in [-0.3, -0.25) is 0 Å². The van der Waals surface area contributed by atoms with Crippen LogP contribution in [0, 0.1) is 17.7 Å². The number of nitrogens with one attached hydrogen (secondary N) is 1. The van der Waals surface area contributed by atoms with E-state index in [4.69, 9.17) is 0 Å². The summed E-state index contributed by atoms with van der Waals surface area (Å²) in [4.78, 5) is 0. The molecule has 0 radical (unpaired) electrons. The quantitative estimate of drug-likeness (QED) is 0.855. The highest BCUT2D eigenvalue weighted by Gasteiger charge is 2.26. The van der Waals surface area contributed by atoms with E-state index in [0.29, 0.717) is 6.04 Å². The number of halogens is 1. The maximum absolute atomic E-state index is 13.6. The van der Waals surface area contributed by atoms with E-state index >= 15 is 0 Å². The molecule has 1 nitrogen and oxygen atoms in total. The summed E-state index contributed by atoms with van der Waals surface area (Å²) in [6.07, 6.45) is 6.04. The first-order valence-electron chi connectivity index (χ1n) is 7.24. The van der Waals surface area contributed by atoms with E-state index in [0.717, 1.165) is 36.8 Å². The molecule has 0 aliphatic heterocycles. The molecule has 2 aliphatic rings. The van der Waals surface area contributed by atoms with Crippen molar-refractivity contribution in [3.8, 4) is 0 Å². The number of benzene rings is 1. The molecule has 98 valence electrons. The molecule has 2 heteroatoms. The van der Waals surface area contributed by atoms with Crippen LogP contribution in [0.4, 0.5) is 4.39 Å². The second kappa shape index (κ2) is 5.00. The third kappa shape index (κ3) is 2.31. The van der Waals surface area contributed by atoms with Gasteiger partial charge in [0.1, 0.15) is 5.82 Å². The molecule has 0 spiro atoms. The van der Waals surface area contributed by atoms with Gasteiger partial charge in [0.15, 0.2) is 0 Å². The van der Waals surface area contributed by atoms with Crippen molar-refractivity contribution in [1.29, 1.82) is 0 Å². The summed E-state index contributed by atoms with van der Waals surface area (Å²) in [5.41, 5.74) is 2.14. The molecule has 1 saturated carbocycles. The Hall–Kier alpha value is -0.890. The Morgan fingerprint density at radius 1 is 1.28 bits per heavy atom. The zero-order valence-electron chi connectivity index (χ0n) is 11.1. The van der Waals surface area contributed by atoms with Gasteiger partial charge in [-0.05, 0) is 61.3 Å². The van der Waals surface area contributed by atoms with Crippen LogP contribution in [0.15, 0.2) is 18.2 Å². The molecule has 1 aromatic carbocycles. The molecule has 1 N–H and O–H groups in total. The van der Waals surface area contributed by atoms with E-state index < -0.39 is 0 Å². The second-order valence-corrected chi connectivity index (χ2v) is 6.09. The number of fused-ring (bicyclic) bond motifs is 1. The molecule has 0 saturated heterocycles. The number of rotatable bonds is 3. The Morgan fingerprint density at radius 3 is 2.94 bits per heavy atom. The molecule has 0 bridgehead atoms. The van der Waals surface area contributed by atoms with E-state index in [1.807, 2.05) is 6.07 Å². The van der Waals surface area contributed by atoms with Crippen molar-refractivity contribution in [2.75, 3.05) is 6.54 Å². The van der Waals surface area contributed by atoms with Gasteiger partial charge in [-0.1, -0.05) is 25.5 Å². The maximum atomic E-state index is 13.6. The Balaban J connectivity index is 1.61. The third-order valence-corrected chi connectivity index (χ3v) is 4.67. The monoisotopic (exact) mass is 247 g/mol. The molecule has 0 heterocycles. The first kappa shape index (κ1) is 12.2.